The first-order chi connectivity index (χ1) is 16.3. The number of hydrogen-bond donors (Lipinski definition) is 0. The average Bonchev–Trinajstić information content (AvgIpc) is 2.85. The monoisotopic (exact) mass is 555 g/mol. The van der Waals surface area contributed by atoms with Gasteiger partial charge in [-0.3, -0.25) is 8.78 Å². The second-order valence-electron chi connectivity index (χ2n) is 7.57. The van der Waals surface area contributed by atoms with Crippen LogP contribution < -0.4 is 4.90 Å². The Bertz CT molecular complexity index is 1280. The van der Waals surface area contributed by atoms with Crippen molar-refractivity contribution in [1.82, 2.24) is 4.98 Å². The molecule has 6 heteroatoms. The largest absolute Gasteiger partial charge is 3.00 e. The number of hydrogen-bond acceptors (Lipinski definition) is 2. The Balaban J connectivity index is 0.000000254. The summed E-state index contributed by atoms with van der Waals surface area (Å²) in [7, 11) is 1.97. The van der Waals surface area contributed by atoms with Crippen LogP contribution in [-0.2, 0) is 19.5 Å². The van der Waals surface area contributed by atoms with E-state index in [1.807, 2.05) is 43.1 Å². The molecule has 1 aromatic heterocycles. The average molecular weight is 555 g/mol. The summed E-state index contributed by atoms with van der Waals surface area (Å²) in [5.74, 6) is -1.29. The Morgan fingerprint density at radius 1 is 0.943 bits per heavy atom. The van der Waals surface area contributed by atoms with Crippen LogP contribution in [0.1, 0.15) is 13.8 Å². The smallest absolute Gasteiger partial charge is 0.808 e. The van der Waals surface area contributed by atoms with Crippen LogP contribution in [0.15, 0.2) is 96.8 Å². The molecule has 3 aromatic carbocycles. The predicted octanol–water partition coefficient (Wildman–Crippen LogP) is 7.35. The molecule has 178 valence electrons. The van der Waals surface area contributed by atoms with Gasteiger partial charge in [-0.05, 0) is 24.2 Å². The molecule has 4 aromatic rings. The summed E-state index contributed by atoms with van der Waals surface area (Å²) >= 11 is 0. The fraction of sp³-hybridized carbons (Fsp3) is 0.103. The summed E-state index contributed by atoms with van der Waals surface area (Å²) in [5.41, 5.74) is 5.21. The zero-order valence-electron chi connectivity index (χ0n) is 19.6. The molecule has 0 aliphatic heterocycles. The number of aromatic nitrogens is 1. The van der Waals surface area contributed by atoms with Gasteiger partial charge in [0.05, 0.1) is 0 Å². The van der Waals surface area contributed by atoms with Crippen LogP contribution in [0.25, 0.3) is 27.8 Å². The van der Waals surface area contributed by atoms with E-state index in [0.717, 1.165) is 29.1 Å². The predicted molar refractivity (Wildman–Crippen MR) is 135 cm³/mol. The molecule has 4 rings (SSSR count). The van der Waals surface area contributed by atoms with Crippen LogP contribution in [0, 0.1) is 23.8 Å². The Labute approximate surface area is 218 Å². The topological polar surface area (TPSA) is 38.4 Å². The van der Waals surface area contributed by atoms with Crippen LogP contribution >= 0.6 is 0 Å². The molecule has 0 spiro atoms. The third kappa shape index (κ3) is 8.04. The van der Waals surface area contributed by atoms with Gasteiger partial charge < -0.3 is 15.3 Å². The van der Waals surface area contributed by atoms with Gasteiger partial charge in [0, 0.05) is 30.6 Å². The van der Waals surface area contributed by atoms with E-state index in [9.17, 15) is 14.2 Å². The number of pyridine rings is 1. The summed E-state index contributed by atoms with van der Waals surface area (Å²) < 4.78 is 25.8. The van der Waals surface area contributed by atoms with Gasteiger partial charge >= 0.3 is 19.5 Å². The molecular weight excluding hydrogens is 531 g/mol. The van der Waals surface area contributed by atoms with Gasteiger partial charge in [0.25, 0.3) is 0 Å². The molecule has 0 radical (unpaired) electrons. The summed E-state index contributed by atoms with van der Waals surface area (Å²) in [4.78, 5) is 5.95. The van der Waals surface area contributed by atoms with Gasteiger partial charge in [0.2, 0.25) is 0 Å². The van der Waals surface area contributed by atoms with Crippen LogP contribution in [0.2, 0.25) is 0 Å². The third-order valence-corrected chi connectivity index (χ3v) is 4.98. The van der Waals surface area contributed by atoms with Gasteiger partial charge in [-0.15, -0.1) is 23.8 Å². The fourth-order valence-corrected chi connectivity index (χ4v) is 3.20. The summed E-state index contributed by atoms with van der Waals surface area (Å²) in [6.45, 7) is 3.63. The normalized spacial score (nSPS) is 10.5. The molecule has 0 saturated heterocycles. The SMILES string of the molecule is CC(=[N-])/C=C(/C)N(C)c1[c-]ccc(-c2ccccc2)c1.Fc1c[c-]c(-c2ccccn2)c(F)c1.[Rh+3]. The van der Waals surface area contributed by atoms with Gasteiger partial charge in [-0.25, -0.2) is 0 Å². The number of rotatable bonds is 5. The number of allylic oxidation sites excluding steroid dienone is 2. The quantitative estimate of drug-likeness (QED) is 0.147. The van der Waals surface area contributed by atoms with E-state index in [4.69, 9.17) is 0 Å². The summed E-state index contributed by atoms with van der Waals surface area (Å²) in [6.07, 6.45) is 3.29. The van der Waals surface area contributed by atoms with E-state index >= 15 is 0 Å². The van der Waals surface area contributed by atoms with Crippen molar-refractivity contribution in [2.24, 2.45) is 0 Å². The molecule has 35 heavy (non-hydrogen) atoms. The second kappa shape index (κ2) is 13.4. The fourth-order valence-electron chi connectivity index (χ4n) is 3.20. The van der Waals surface area contributed by atoms with Crippen molar-refractivity contribution in [3.05, 3.63) is 126 Å². The van der Waals surface area contributed by atoms with E-state index in [1.54, 1.807) is 37.4 Å². The molecule has 0 fully saturated rings. The van der Waals surface area contributed by atoms with E-state index in [-0.39, 0.29) is 25.0 Å². The maximum atomic E-state index is 13.2. The molecule has 1 heterocycles. The van der Waals surface area contributed by atoms with Crippen molar-refractivity contribution in [1.29, 1.82) is 0 Å². The molecule has 0 aliphatic carbocycles. The summed E-state index contributed by atoms with van der Waals surface area (Å²) in [5, 5.41) is 9.35. The van der Waals surface area contributed by atoms with Crippen LogP contribution in [-0.4, -0.2) is 17.7 Å². The van der Waals surface area contributed by atoms with Gasteiger partial charge in [0.1, 0.15) is 0 Å². The molecule has 0 amide bonds. The van der Waals surface area contributed by atoms with Crippen molar-refractivity contribution in [3.8, 4) is 22.4 Å². The van der Waals surface area contributed by atoms with Crippen LogP contribution in [0.4, 0.5) is 14.5 Å². The van der Waals surface area contributed by atoms with Crippen molar-refractivity contribution in [2.45, 2.75) is 13.8 Å². The second-order valence-corrected chi connectivity index (χ2v) is 7.57. The maximum absolute atomic E-state index is 13.2. The van der Waals surface area contributed by atoms with Crippen molar-refractivity contribution >= 4 is 11.4 Å². The van der Waals surface area contributed by atoms with Gasteiger partial charge in [0.15, 0.2) is 0 Å². The number of anilines is 1. The van der Waals surface area contributed by atoms with E-state index in [1.165, 1.54) is 5.56 Å². The van der Waals surface area contributed by atoms with Gasteiger partial charge in [-0.2, -0.15) is 23.9 Å². The van der Waals surface area contributed by atoms with Crippen molar-refractivity contribution in [3.63, 3.8) is 0 Å². The number of nitrogens with zero attached hydrogens (tertiary/aromatic N) is 3. The molecule has 0 unspecified atom stereocenters. The Kier molecular flexibility index (Phi) is 10.6. The molecule has 0 atom stereocenters. The van der Waals surface area contributed by atoms with Crippen LogP contribution in [0.5, 0.6) is 0 Å². The minimum Gasteiger partial charge on any atom is -0.808 e. The number of halogens is 2. The van der Waals surface area contributed by atoms with Crippen molar-refractivity contribution in [2.75, 3.05) is 11.9 Å². The minimum atomic E-state index is -0.649. The number of benzene rings is 3. The molecule has 0 aliphatic rings. The third-order valence-electron chi connectivity index (χ3n) is 4.98. The Hall–Kier alpha value is -3.50. The standard InChI is InChI=1S/C18H18N2.C11H6F2N.Rh/c1-14(19)12-15(2)20(3)18-11-7-10-17(13-18)16-8-5-4-6-9-16;12-8-4-5-9(10(13)7-8)11-3-1-2-6-14-11;/h4-10,12-13H,1-3H3;1-4,6-7H;/q-2;-1;+3/b15-12-;;. The van der Waals surface area contributed by atoms with Gasteiger partial charge in [-0.1, -0.05) is 72.8 Å². The zero-order chi connectivity index (χ0) is 24.5. The molecule has 0 saturated carbocycles. The first-order valence-electron chi connectivity index (χ1n) is 10.6. The first-order valence-corrected chi connectivity index (χ1v) is 10.6. The zero-order valence-corrected chi connectivity index (χ0v) is 21.2. The van der Waals surface area contributed by atoms with E-state index in [2.05, 4.69) is 41.4 Å². The van der Waals surface area contributed by atoms with Crippen LogP contribution in [0.3, 0.4) is 0 Å². The molecular formula is C29H24F2N3Rh. The minimum absolute atomic E-state index is 0. The Morgan fingerprint density at radius 3 is 2.29 bits per heavy atom. The maximum Gasteiger partial charge on any atom is 3.00 e. The van der Waals surface area contributed by atoms with Crippen molar-refractivity contribution < 1.29 is 28.3 Å². The summed E-state index contributed by atoms with van der Waals surface area (Å²) in [6, 6.07) is 29.1. The first kappa shape index (κ1) is 27.7. The molecule has 3 nitrogen and oxygen atoms in total. The van der Waals surface area contributed by atoms with E-state index in [0.29, 0.717) is 11.4 Å². The Morgan fingerprint density at radius 2 is 1.66 bits per heavy atom. The molecule has 0 bridgehead atoms. The van der Waals surface area contributed by atoms with E-state index < -0.39 is 11.6 Å². The molecule has 0 N–H and O–H groups in total.